The molecule has 144 valence electrons. The van der Waals surface area contributed by atoms with Gasteiger partial charge < -0.3 is 15.3 Å². The average molecular weight is 393 g/mol. The Balaban J connectivity index is 2.03. The van der Waals surface area contributed by atoms with Gasteiger partial charge in [-0.15, -0.1) is 0 Å². The van der Waals surface area contributed by atoms with E-state index in [9.17, 15) is 22.8 Å². The maximum absolute atomic E-state index is 13.0. The molecule has 2 atom stereocenters. The van der Waals surface area contributed by atoms with E-state index in [-0.39, 0.29) is 6.54 Å². The summed E-state index contributed by atoms with van der Waals surface area (Å²) in [7, 11) is 0. The first-order chi connectivity index (χ1) is 11.9. The van der Waals surface area contributed by atoms with Gasteiger partial charge in [-0.1, -0.05) is 37.6 Å². The van der Waals surface area contributed by atoms with Crippen LogP contribution in [0.2, 0.25) is 5.02 Å². The number of nitrogens with one attached hydrogen (secondary N) is 1. The van der Waals surface area contributed by atoms with Gasteiger partial charge in [0.25, 0.3) is 0 Å². The van der Waals surface area contributed by atoms with Gasteiger partial charge in [0.2, 0.25) is 0 Å². The molecule has 26 heavy (non-hydrogen) atoms. The highest BCUT2D eigenvalue weighted by molar-refractivity contribution is 6.30. The number of carbonyl (C=O) groups excluding carboxylic acids is 1. The molecule has 0 aromatic heterocycles. The number of hydrogen-bond donors (Lipinski definition) is 2. The number of carbonyl (C=O) groups is 2. The predicted molar refractivity (Wildman–Crippen MR) is 90.1 cm³/mol. The molecular weight excluding hydrogens is 373 g/mol. The highest BCUT2D eigenvalue weighted by Crippen LogP contribution is 2.37. The zero-order valence-electron chi connectivity index (χ0n) is 14.3. The van der Waals surface area contributed by atoms with Gasteiger partial charge in [-0.05, 0) is 17.7 Å². The van der Waals surface area contributed by atoms with Crippen molar-refractivity contribution in [2.45, 2.75) is 25.4 Å². The smallest absolute Gasteiger partial charge is 0.394 e. The van der Waals surface area contributed by atoms with E-state index in [2.05, 4.69) is 5.32 Å². The topological polar surface area (TPSA) is 69.6 Å². The van der Waals surface area contributed by atoms with Gasteiger partial charge in [0.05, 0.1) is 11.8 Å². The summed E-state index contributed by atoms with van der Waals surface area (Å²) in [5.41, 5.74) is 0.360. The van der Waals surface area contributed by atoms with Crippen LogP contribution in [0.3, 0.4) is 0 Å². The van der Waals surface area contributed by atoms with Crippen LogP contribution < -0.4 is 5.32 Å². The number of likely N-dealkylation sites (tertiary alicyclic amines) is 1. The van der Waals surface area contributed by atoms with Crippen molar-refractivity contribution in [3.63, 3.8) is 0 Å². The lowest BCUT2D eigenvalue weighted by molar-refractivity contribution is -0.187. The molecule has 1 aromatic carbocycles. The van der Waals surface area contributed by atoms with Crippen molar-refractivity contribution >= 4 is 23.6 Å². The molecule has 5 nitrogen and oxygen atoms in total. The summed E-state index contributed by atoms with van der Waals surface area (Å²) in [4.78, 5) is 24.3. The molecule has 0 spiro atoms. The molecule has 2 amide bonds. The molecule has 1 saturated heterocycles. The Labute approximate surface area is 154 Å². The second kappa shape index (κ2) is 7.34. The Morgan fingerprint density at radius 1 is 1.31 bits per heavy atom. The maximum Gasteiger partial charge on any atom is 0.394 e. The Morgan fingerprint density at radius 2 is 1.96 bits per heavy atom. The van der Waals surface area contributed by atoms with Gasteiger partial charge >= 0.3 is 18.2 Å². The van der Waals surface area contributed by atoms with E-state index in [1.54, 1.807) is 18.2 Å². The number of hydrogen-bond acceptors (Lipinski definition) is 2. The highest BCUT2D eigenvalue weighted by Gasteiger charge is 2.53. The molecule has 1 aliphatic heterocycles. The Hall–Kier alpha value is -1.96. The normalized spacial score (nSPS) is 20.9. The molecule has 2 rings (SSSR count). The van der Waals surface area contributed by atoms with E-state index in [4.69, 9.17) is 16.7 Å². The monoisotopic (exact) mass is 392 g/mol. The zero-order valence-corrected chi connectivity index (χ0v) is 15.1. The molecule has 2 N–H and O–H groups in total. The van der Waals surface area contributed by atoms with E-state index < -0.39 is 48.5 Å². The summed E-state index contributed by atoms with van der Waals surface area (Å²) in [6.45, 7) is 2.76. The molecule has 1 aromatic rings. The Kier molecular flexibility index (Phi) is 5.75. The summed E-state index contributed by atoms with van der Waals surface area (Å²) in [5, 5.41) is 12.1. The molecule has 1 fully saturated rings. The lowest BCUT2D eigenvalue weighted by Crippen LogP contribution is -2.44. The van der Waals surface area contributed by atoms with Gasteiger partial charge in [0, 0.05) is 30.1 Å². The Bertz CT molecular complexity index is 694. The summed E-state index contributed by atoms with van der Waals surface area (Å²) >= 11 is 5.96. The minimum absolute atomic E-state index is 0.164. The highest BCUT2D eigenvalue weighted by atomic mass is 35.5. The number of halogens is 4. The van der Waals surface area contributed by atoms with Gasteiger partial charge in [0.1, 0.15) is 0 Å². The summed E-state index contributed by atoms with van der Waals surface area (Å²) in [6, 6.07) is 6.37. The van der Waals surface area contributed by atoms with Gasteiger partial charge in [-0.2, -0.15) is 13.2 Å². The molecule has 0 unspecified atom stereocenters. The van der Waals surface area contributed by atoms with Crippen molar-refractivity contribution in [2.24, 2.45) is 11.8 Å². The van der Waals surface area contributed by atoms with Crippen molar-refractivity contribution in [3.8, 4) is 0 Å². The molecule has 1 heterocycles. The third-order valence-corrected chi connectivity index (χ3v) is 4.87. The van der Waals surface area contributed by atoms with Crippen LogP contribution in [0.1, 0.15) is 19.4 Å². The van der Waals surface area contributed by atoms with Crippen molar-refractivity contribution < 1.29 is 27.9 Å². The number of alkyl halides is 3. The molecule has 0 bridgehead atoms. The summed E-state index contributed by atoms with van der Waals surface area (Å²) < 4.78 is 39.0. The fourth-order valence-electron chi connectivity index (χ4n) is 2.97. The molecule has 0 saturated carbocycles. The summed E-state index contributed by atoms with van der Waals surface area (Å²) in [6.07, 6.45) is -4.67. The van der Waals surface area contributed by atoms with E-state index >= 15 is 0 Å². The lowest BCUT2D eigenvalue weighted by Gasteiger charge is -2.27. The number of amides is 2. The quantitative estimate of drug-likeness (QED) is 0.823. The number of urea groups is 1. The summed E-state index contributed by atoms with van der Waals surface area (Å²) in [5.74, 6) is -5.27. The van der Waals surface area contributed by atoms with Crippen molar-refractivity contribution in [1.29, 1.82) is 0 Å². The number of carboxylic acids is 1. The van der Waals surface area contributed by atoms with E-state index in [1.165, 1.54) is 0 Å². The number of benzene rings is 1. The number of nitrogens with zero attached hydrogens (tertiary/aromatic N) is 1. The number of carboxylic acid groups (broad SMARTS) is 1. The van der Waals surface area contributed by atoms with Gasteiger partial charge in [-0.3, -0.25) is 4.79 Å². The van der Waals surface area contributed by atoms with Gasteiger partial charge in [0.15, 0.2) is 0 Å². The van der Waals surface area contributed by atoms with E-state index in [0.717, 1.165) is 10.5 Å². The van der Waals surface area contributed by atoms with E-state index in [0.29, 0.717) is 5.02 Å². The fourth-order valence-corrected chi connectivity index (χ4v) is 3.16. The minimum atomic E-state index is -4.67. The molecule has 0 radical (unpaired) electrons. The standard InChI is InChI=1S/C17H20ClF3N2O3/c1-16(2,10-4-3-5-11(18)6-10)9-22-15(26)23-7-12(14(24)25)13(8-23)17(19,20)21/h3-6,12-13H,7-9H2,1-2H3,(H,22,26)(H,24,25)/t12-,13-/m1/s1. The van der Waals surface area contributed by atoms with Crippen molar-refractivity contribution in [2.75, 3.05) is 19.6 Å². The third-order valence-electron chi connectivity index (χ3n) is 4.63. The Morgan fingerprint density at radius 3 is 2.46 bits per heavy atom. The number of aliphatic carboxylic acids is 1. The van der Waals surface area contributed by atoms with Crippen LogP contribution in [0.5, 0.6) is 0 Å². The molecular formula is C17H20ClF3N2O3. The van der Waals surface area contributed by atoms with Crippen LogP contribution in [0.15, 0.2) is 24.3 Å². The SMILES string of the molecule is CC(C)(CNC(=O)N1C[C@@H](C(F)(F)F)[C@H](C(=O)O)C1)c1cccc(Cl)c1. The first-order valence-corrected chi connectivity index (χ1v) is 8.38. The van der Waals surface area contributed by atoms with E-state index in [1.807, 2.05) is 19.9 Å². The largest absolute Gasteiger partial charge is 0.481 e. The first kappa shape index (κ1) is 20.4. The molecule has 9 heteroatoms. The maximum atomic E-state index is 13.0. The second-order valence-electron chi connectivity index (χ2n) is 7.05. The lowest BCUT2D eigenvalue weighted by atomic mass is 9.84. The minimum Gasteiger partial charge on any atom is -0.481 e. The van der Waals surface area contributed by atoms with Crippen molar-refractivity contribution in [1.82, 2.24) is 10.2 Å². The van der Waals surface area contributed by atoms with Crippen LogP contribution in [0, 0.1) is 11.8 Å². The van der Waals surface area contributed by atoms with Gasteiger partial charge in [-0.25, -0.2) is 4.79 Å². The third kappa shape index (κ3) is 4.60. The van der Waals surface area contributed by atoms with Crippen molar-refractivity contribution in [3.05, 3.63) is 34.9 Å². The van der Waals surface area contributed by atoms with Crippen LogP contribution in [-0.2, 0) is 10.2 Å². The zero-order chi connectivity index (χ0) is 19.7. The predicted octanol–water partition coefficient (Wildman–Crippen LogP) is 3.52. The first-order valence-electron chi connectivity index (χ1n) is 8.00. The second-order valence-corrected chi connectivity index (χ2v) is 7.49. The average Bonchev–Trinajstić information content (AvgIpc) is 2.98. The number of rotatable bonds is 4. The molecule has 0 aliphatic carbocycles. The van der Waals surface area contributed by atoms with Crippen LogP contribution in [-0.4, -0.2) is 47.8 Å². The molecule has 1 aliphatic rings. The van der Waals surface area contributed by atoms with Crippen LogP contribution in [0.4, 0.5) is 18.0 Å². The van der Waals surface area contributed by atoms with Crippen LogP contribution >= 0.6 is 11.6 Å². The van der Waals surface area contributed by atoms with Crippen LogP contribution in [0.25, 0.3) is 0 Å². The fraction of sp³-hybridized carbons (Fsp3) is 0.529.